The predicted molar refractivity (Wildman–Crippen MR) is 183 cm³/mol. The molecule has 0 saturated heterocycles. The molecule has 0 aliphatic carbocycles. The van der Waals surface area contributed by atoms with E-state index in [2.05, 4.69) is 5.32 Å². The molecule has 0 fully saturated rings. The highest BCUT2D eigenvalue weighted by Crippen LogP contribution is 2.27. The lowest BCUT2D eigenvalue weighted by Gasteiger charge is -2.34. The zero-order valence-electron chi connectivity index (χ0n) is 26.4. The molecular weight excluding hydrogens is 622 g/mol. The van der Waals surface area contributed by atoms with Crippen LogP contribution in [0.2, 0.25) is 5.02 Å². The summed E-state index contributed by atoms with van der Waals surface area (Å²) in [7, 11) is -2.66. The number of rotatable bonds is 15. The zero-order chi connectivity index (χ0) is 33.1. The molecule has 242 valence electrons. The first-order valence-electron chi connectivity index (χ1n) is 15.2. The van der Waals surface area contributed by atoms with Crippen LogP contribution in [0.15, 0.2) is 108 Å². The third kappa shape index (κ3) is 9.11. The van der Waals surface area contributed by atoms with Crippen molar-refractivity contribution in [3.05, 3.63) is 125 Å². The van der Waals surface area contributed by atoms with Gasteiger partial charge >= 0.3 is 0 Å². The molecule has 4 rings (SSSR count). The summed E-state index contributed by atoms with van der Waals surface area (Å²) in [5.74, 6) is -0.242. The molecule has 1 N–H and O–H groups in total. The molecule has 0 spiro atoms. The van der Waals surface area contributed by atoms with Gasteiger partial charge in [-0.3, -0.25) is 13.9 Å². The van der Waals surface area contributed by atoms with Gasteiger partial charge in [0.15, 0.2) is 0 Å². The number of ether oxygens (including phenoxy) is 1. The highest BCUT2D eigenvalue weighted by atomic mass is 35.5. The van der Waals surface area contributed by atoms with E-state index < -0.39 is 28.5 Å². The second-order valence-electron chi connectivity index (χ2n) is 11.0. The monoisotopic (exact) mass is 661 g/mol. The number of unbranched alkanes of at least 4 members (excludes halogenated alkanes) is 1. The van der Waals surface area contributed by atoms with Crippen molar-refractivity contribution < 1.29 is 22.7 Å². The molecule has 4 aromatic carbocycles. The Morgan fingerprint density at radius 3 is 2.26 bits per heavy atom. The number of halogens is 1. The SMILES string of the molecule is CCCCNC(=O)[C@H](Cc1ccccc1)N(Cc1cccc(OC)c1)C(=O)CN(c1cccc(C)c1)S(=O)(=O)c1ccc(Cl)cc1. The van der Waals surface area contributed by atoms with Crippen LogP contribution in [0.25, 0.3) is 0 Å². The summed E-state index contributed by atoms with van der Waals surface area (Å²) in [5, 5.41) is 3.39. The van der Waals surface area contributed by atoms with Crippen molar-refractivity contribution in [2.24, 2.45) is 0 Å². The Kier molecular flexibility index (Phi) is 12.2. The normalized spacial score (nSPS) is 11.8. The second kappa shape index (κ2) is 16.3. The van der Waals surface area contributed by atoms with Crippen LogP contribution < -0.4 is 14.4 Å². The summed E-state index contributed by atoms with van der Waals surface area (Å²) in [4.78, 5) is 29.9. The van der Waals surface area contributed by atoms with Crippen LogP contribution in [0.4, 0.5) is 5.69 Å². The van der Waals surface area contributed by atoms with Crippen molar-refractivity contribution in [3.8, 4) is 5.75 Å². The Labute approximate surface area is 277 Å². The maximum absolute atomic E-state index is 14.6. The number of aryl methyl sites for hydroxylation is 1. The van der Waals surface area contributed by atoms with Gasteiger partial charge in [0.1, 0.15) is 18.3 Å². The molecule has 0 bridgehead atoms. The average molecular weight is 662 g/mol. The van der Waals surface area contributed by atoms with E-state index in [0.29, 0.717) is 23.0 Å². The summed E-state index contributed by atoms with van der Waals surface area (Å²) in [6, 6.07) is 28.6. The number of hydrogen-bond donors (Lipinski definition) is 1. The van der Waals surface area contributed by atoms with Crippen molar-refractivity contribution in [3.63, 3.8) is 0 Å². The fourth-order valence-electron chi connectivity index (χ4n) is 5.07. The Morgan fingerprint density at radius 2 is 1.59 bits per heavy atom. The van der Waals surface area contributed by atoms with Crippen LogP contribution in [-0.4, -0.2) is 51.4 Å². The number of methoxy groups -OCH3 is 1. The van der Waals surface area contributed by atoms with Crippen LogP contribution in [0.3, 0.4) is 0 Å². The first-order valence-corrected chi connectivity index (χ1v) is 17.0. The van der Waals surface area contributed by atoms with Crippen molar-refractivity contribution in [1.82, 2.24) is 10.2 Å². The number of hydrogen-bond acceptors (Lipinski definition) is 5. The zero-order valence-corrected chi connectivity index (χ0v) is 27.9. The molecule has 0 unspecified atom stereocenters. The van der Waals surface area contributed by atoms with Crippen LogP contribution in [-0.2, 0) is 32.6 Å². The minimum Gasteiger partial charge on any atom is -0.497 e. The van der Waals surface area contributed by atoms with E-state index in [0.717, 1.165) is 33.8 Å². The highest BCUT2D eigenvalue weighted by molar-refractivity contribution is 7.92. The van der Waals surface area contributed by atoms with E-state index in [-0.39, 0.29) is 23.8 Å². The van der Waals surface area contributed by atoms with Gasteiger partial charge in [0.05, 0.1) is 17.7 Å². The molecule has 0 radical (unpaired) electrons. The molecule has 0 aliphatic heterocycles. The van der Waals surface area contributed by atoms with Crippen molar-refractivity contribution >= 4 is 39.1 Å². The lowest BCUT2D eigenvalue weighted by atomic mass is 10.0. The number of carbonyl (C=O) groups is 2. The molecule has 0 saturated carbocycles. The largest absolute Gasteiger partial charge is 0.497 e. The Bertz CT molecular complexity index is 1720. The van der Waals surface area contributed by atoms with Gasteiger partial charge in [-0.25, -0.2) is 8.42 Å². The first kappa shape index (κ1) is 34.5. The molecule has 0 heterocycles. The minimum atomic E-state index is -4.22. The van der Waals surface area contributed by atoms with Gasteiger partial charge in [-0.15, -0.1) is 0 Å². The Morgan fingerprint density at radius 1 is 0.891 bits per heavy atom. The van der Waals surface area contributed by atoms with Crippen LogP contribution in [0.1, 0.15) is 36.5 Å². The Balaban J connectivity index is 1.80. The lowest BCUT2D eigenvalue weighted by molar-refractivity contribution is -0.140. The summed E-state index contributed by atoms with van der Waals surface area (Å²) < 4.78 is 34.8. The third-order valence-electron chi connectivity index (χ3n) is 7.56. The average Bonchev–Trinajstić information content (AvgIpc) is 3.05. The maximum Gasteiger partial charge on any atom is 0.264 e. The van der Waals surface area contributed by atoms with Gasteiger partial charge < -0.3 is 15.0 Å². The summed E-state index contributed by atoms with van der Waals surface area (Å²) in [6.07, 6.45) is 1.92. The van der Waals surface area contributed by atoms with Gasteiger partial charge in [-0.05, 0) is 78.6 Å². The highest BCUT2D eigenvalue weighted by Gasteiger charge is 2.34. The maximum atomic E-state index is 14.6. The number of carbonyl (C=O) groups excluding carboxylic acids is 2. The Hall–Kier alpha value is -4.34. The lowest BCUT2D eigenvalue weighted by Crippen LogP contribution is -2.53. The van der Waals surface area contributed by atoms with E-state index in [4.69, 9.17) is 16.3 Å². The predicted octanol–water partition coefficient (Wildman–Crippen LogP) is 6.41. The van der Waals surface area contributed by atoms with Crippen LogP contribution in [0, 0.1) is 6.92 Å². The molecule has 46 heavy (non-hydrogen) atoms. The molecule has 0 aromatic heterocycles. The molecule has 0 aliphatic rings. The number of amides is 2. The quantitative estimate of drug-likeness (QED) is 0.149. The standard InChI is InChI=1S/C36H40ClN3O5S/c1-4-5-21-38-36(42)34(24-28-12-7-6-8-13-28)39(25-29-14-10-16-32(23-29)45-3)35(41)26-40(31-15-9-11-27(2)22-31)46(43,44)33-19-17-30(37)18-20-33/h6-20,22-23,34H,4-5,21,24-26H2,1-3H3,(H,38,42)/t34-/m0/s1. The van der Waals surface area contributed by atoms with Crippen LogP contribution >= 0.6 is 11.6 Å². The van der Waals surface area contributed by atoms with Gasteiger partial charge in [0.25, 0.3) is 10.0 Å². The molecular formula is C36H40ClN3O5S. The number of benzene rings is 4. The van der Waals surface area contributed by atoms with Gasteiger partial charge in [-0.1, -0.05) is 79.5 Å². The van der Waals surface area contributed by atoms with Gasteiger partial charge in [0.2, 0.25) is 11.8 Å². The van der Waals surface area contributed by atoms with Crippen LogP contribution in [0.5, 0.6) is 5.75 Å². The fraction of sp³-hybridized carbons (Fsp3) is 0.278. The molecule has 1 atom stereocenters. The third-order valence-corrected chi connectivity index (χ3v) is 9.60. The smallest absolute Gasteiger partial charge is 0.264 e. The molecule has 2 amide bonds. The topological polar surface area (TPSA) is 96.0 Å². The van der Waals surface area contributed by atoms with Gasteiger partial charge in [0, 0.05) is 24.5 Å². The summed E-state index contributed by atoms with van der Waals surface area (Å²) >= 11 is 6.06. The second-order valence-corrected chi connectivity index (χ2v) is 13.3. The molecule has 10 heteroatoms. The number of sulfonamides is 1. The summed E-state index contributed by atoms with van der Waals surface area (Å²) in [5.41, 5.74) is 2.75. The van der Waals surface area contributed by atoms with Gasteiger partial charge in [-0.2, -0.15) is 0 Å². The van der Waals surface area contributed by atoms with Crippen molar-refractivity contribution in [1.29, 1.82) is 0 Å². The number of nitrogens with one attached hydrogen (secondary N) is 1. The minimum absolute atomic E-state index is 0.0105. The molecule has 8 nitrogen and oxygen atoms in total. The first-order chi connectivity index (χ1) is 22.1. The van der Waals surface area contributed by atoms with E-state index in [9.17, 15) is 18.0 Å². The fourth-order valence-corrected chi connectivity index (χ4v) is 6.61. The number of nitrogens with zero attached hydrogens (tertiary/aromatic N) is 2. The molecule has 4 aromatic rings. The van der Waals surface area contributed by atoms with E-state index in [1.807, 2.05) is 62.4 Å². The number of anilines is 1. The van der Waals surface area contributed by atoms with E-state index >= 15 is 0 Å². The van der Waals surface area contributed by atoms with Crippen molar-refractivity contribution in [2.75, 3.05) is 24.5 Å². The van der Waals surface area contributed by atoms with Crippen molar-refractivity contribution in [2.45, 2.75) is 50.6 Å². The van der Waals surface area contributed by atoms with E-state index in [1.54, 1.807) is 37.4 Å². The van der Waals surface area contributed by atoms with E-state index in [1.165, 1.54) is 29.2 Å². The summed E-state index contributed by atoms with van der Waals surface area (Å²) in [6.45, 7) is 3.86.